The number of nitrogens with one attached hydrogen (secondary N) is 1. The van der Waals surface area contributed by atoms with Gasteiger partial charge in [0.25, 0.3) is 0 Å². The number of benzene rings is 1. The Morgan fingerprint density at radius 2 is 1.84 bits per heavy atom. The number of unbranched alkanes of at least 4 members (excludes halogenated alkanes) is 3. The van der Waals surface area contributed by atoms with Gasteiger partial charge in [-0.25, -0.2) is 17.9 Å². The van der Waals surface area contributed by atoms with E-state index in [1.807, 2.05) is 0 Å². The topological polar surface area (TPSA) is 75.6 Å². The number of hydrogen-bond donors (Lipinski definition) is 1. The summed E-state index contributed by atoms with van der Waals surface area (Å²) in [6, 6.07) is 5.78. The highest BCUT2D eigenvalue weighted by Gasteiger charge is 2.12. The smallest absolute Gasteiger partial charge is 0.211 e. The van der Waals surface area contributed by atoms with Crippen molar-refractivity contribution in [1.82, 2.24) is 4.72 Å². The largest absolute Gasteiger partial charge is 0.240 e. The summed E-state index contributed by atoms with van der Waals surface area (Å²) in [5.74, 6) is 0. The molecule has 1 aromatic rings. The van der Waals surface area contributed by atoms with Gasteiger partial charge in [-0.1, -0.05) is 26.2 Å². The maximum atomic E-state index is 11.9. The molecule has 104 valence electrons. The molecule has 19 heavy (non-hydrogen) atoms. The quantitative estimate of drug-likeness (QED) is 0.452. The van der Waals surface area contributed by atoms with E-state index in [4.69, 9.17) is 0 Å². The predicted octanol–water partition coefficient (Wildman–Crippen LogP) is 2.51. The fourth-order valence-electron chi connectivity index (χ4n) is 1.59. The summed E-state index contributed by atoms with van der Waals surface area (Å²) in [5.41, 5.74) is 0.386. The monoisotopic (exact) mass is 282 g/mol. The fraction of sp³-hybridized carbons (Fsp3) is 0.462. The Bertz CT molecular complexity index is 532. The normalized spacial score (nSPS) is 11.0. The van der Waals surface area contributed by atoms with Gasteiger partial charge in [0.2, 0.25) is 16.1 Å². The van der Waals surface area contributed by atoms with Crippen molar-refractivity contribution in [3.63, 3.8) is 0 Å². The molecule has 0 aromatic heterocycles. The van der Waals surface area contributed by atoms with E-state index in [9.17, 15) is 13.2 Å². The number of sulfonamides is 1. The highest BCUT2D eigenvalue weighted by atomic mass is 32.2. The van der Waals surface area contributed by atoms with Crippen molar-refractivity contribution in [2.75, 3.05) is 6.54 Å². The summed E-state index contributed by atoms with van der Waals surface area (Å²) in [5, 5.41) is 0. The zero-order chi connectivity index (χ0) is 14.1. The van der Waals surface area contributed by atoms with Gasteiger partial charge in [-0.3, -0.25) is 0 Å². The molecule has 0 aliphatic carbocycles. The molecule has 5 nitrogen and oxygen atoms in total. The lowest BCUT2D eigenvalue weighted by molar-refractivity contribution is 0.565. The van der Waals surface area contributed by atoms with Crippen molar-refractivity contribution >= 4 is 21.8 Å². The first kappa shape index (κ1) is 15.6. The minimum absolute atomic E-state index is 0.174. The molecule has 0 heterocycles. The third-order valence-corrected chi connectivity index (χ3v) is 4.12. The third-order valence-electron chi connectivity index (χ3n) is 2.64. The number of hydrogen-bond acceptors (Lipinski definition) is 4. The fourth-order valence-corrected chi connectivity index (χ4v) is 2.67. The lowest BCUT2D eigenvalue weighted by atomic mass is 10.2. The summed E-state index contributed by atoms with van der Waals surface area (Å²) in [6.45, 7) is 2.55. The predicted molar refractivity (Wildman–Crippen MR) is 73.6 cm³/mol. The number of carbonyl (C=O) groups excluding carboxylic acids is 1. The van der Waals surface area contributed by atoms with Gasteiger partial charge in [0.05, 0.1) is 10.6 Å². The molecular formula is C13H18N2O3S. The van der Waals surface area contributed by atoms with Crippen molar-refractivity contribution in [3.8, 4) is 0 Å². The van der Waals surface area contributed by atoms with Crippen LogP contribution in [0.2, 0.25) is 0 Å². The molecule has 0 saturated heterocycles. The molecule has 0 aliphatic heterocycles. The first-order valence-corrected chi connectivity index (χ1v) is 7.76. The standard InChI is InChI=1S/C13H18N2O3S/c1-2-3-4-5-10-15-19(17,18)13-8-6-12(7-9-13)14-11-16/h6-9,15H,2-5,10H2,1H3. The molecule has 0 amide bonds. The van der Waals surface area contributed by atoms with E-state index in [1.165, 1.54) is 30.3 Å². The van der Waals surface area contributed by atoms with Crippen LogP contribution in [0.3, 0.4) is 0 Å². The van der Waals surface area contributed by atoms with E-state index < -0.39 is 10.0 Å². The average molecular weight is 282 g/mol. The minimum atomic E-state index is -3.47. The number of aliphatic imine (C=N–C) groups is 1. The Labute approximate surface area is 113 Å². The van der Waals surface area contributed by atoms with Crippen molar-refractivity contribution < 1.29 is 13.2 Å². The Morgan fingerprint density at radius 1 is 1.16 bits per heavy atom. The van der Waals surface area contributed by atoms with Crippen LogP contribution in [0.5, 0.6) is 0 Å². The maximum absolute atomic E-state index is 11.9. The van der Waals surface area contributed by atoms with Crippen LogP contribution in [0.25, 0.3) is 0 Å². The van der Waals surface area contributed by atoms with E-state index >= 15 is 0 Å². The van der Waals surface area contributed by atoms with E-state index in [0.717, 1.165) is 25.7 Å². The maximum Gasteiger partial charge on any atom is 0.240 e. The van der Waals surface area contributed by atoms with Crippen LogP contribution in [-0.4, -0.2) is 21.0 Å². The zero-order valence-electron chi connectivity index (χ0n) is 10.9. The van der Waals surface area contributed by atoms with Crippen LogP contribution in [0.15, 0.2) is 34.2 Å². The number of nitrogens with zero attached hydrogens (tertiary/aromatic N) is 1. The second kappa shape index (κ2) is 7.84. The summed E-state index contributed by atoms with van der Waals surface area (Å²) in [6.07, 6.45) is 5.49. The second-order valence-corrected chi connectivity index (χ2v) is 5.92. The lowest BCUT2D eigenvalue weighted by Crippen LogP contribution is -2.24. The van der Waals surface area contributed by atoms with Crippen LogP contribution in [-0.2, 0) is 14.8 Å². The zero-order valence-corrected chi connectivity index (χ0v) is 11.7. The number of isocyanates is 1. The van der Waals surface area contributed by atoms with E-state index in [-0.39, 0.29) is 4.90 Å². The molecule has 0 radical (unpaired) electrons. The molecule has 0 spiro atoms. The van der Waals surface area contributed by atoms with Gasteiger partial charge in [0.1, 0.15) is 0 Å². The second-order valence-electron chi connectivity index (χ2n) is 4.16. The molecule has 0 aliphatic rings. The summed E-state index contributed by atoms with van der Waals surface area (Å²) >= 11 is 0. The van der Waals surface area contributed by atoms with Crippen molar-refractivity contribution in [2.45, 2.75) is 37.5 Å². The van der Waals surface area contributed by atoms with Crippen LogP contribution >= 0.6 is 0 Å². The van der Waals surface area contributed by atoms with Crippen molar-refractivity contribution in [3.05, 3.63) is 24.3 Å². The van der Waals surface area contributed by atoms with Gasteiger partial charge in [-0.05, 0) is 30.7 Å². The van der Waals surface area contributed by atoms with Crippen molar-refractivity contribution in [1.29, 1.82) is 0 Å². The molecule has 1 rings (SSSR count). The molecule has 6 heteroatoms. The Balaban J connectivity index is 2.59. The van der Waals surface area contributed by atoms with E-state index in [2.05, 4.69) is 16.6 Å². The van der Waals surface area contributed by atoms with Crippen LogP contribution < -0.4 is 4.72 Å². The van der Waals surface area contributed by atoms with E-state index in [0.29, 0.717) is 12.2 Å². The molecule has 1 N–H and O–H groups in total. The van der Waals surface area contributed by atoms with Crippen molar-refractivity contribution in [2.24, 2.45) is 4.99 Å². The molecular weight excluding hydrogens is 264 g/mol. The Kier molecular flexibility index (Phi) is 6.42. The Morgan fingerprint density at radius 3 is 2.42 bits per heavy atom. The summed E-state index contributed by atoms with van der Waals surface area (Å²) in [7, 11) is -3.47. The average Bonchev–Trinajstić information content (AvgIpc) is 2.39. The van der Waals surface area contributed by atoms with Gasteiger partial charge < -0.3 is 0 Å². The molecule has 0 fully saturated rings. The van der Waals surface area contributed by atoms with Crippen LogP contribution in [0.1, 0.15) is 32.6 Å². The Hall–Kier alpha value is -1.49. The minimum Gasteiger partial charge on any atom is -0.211 e. The van der Waals surface area contributed by atoms with Gasteiger partial charge in [-0.15, -0.1) is 0 Å². The molecule has 1 aromatic carbocycles. The highest BCUT2D eigenvalue weighted by Crippen LogP contribution is 2.15. The van der Waals surface area contributed by atoms with Crippen LogP contribution in [0.4, 0.5) is 5.69 Å². The number of rotatable bonds is 8. The summed E-state index contributed by atoms with van der Waals surface area (Å²) < 4.78 is 26.4. The van der Waals surface area contributed by atoms with Gasteiger partial charge in [0.15, 0.2) is 0 Å². The first-order valence-electron chi connectivity index (χ1n) is 6.27. The van der Waals surface area contributed by atoms with Gasteiger partial charge >= 0.3 is 0 Å². The van der Waals surface area contributed by atoms with Crippen LogP contribution in [0, 0.1) is 0 Å². The molecule has 0 unspecified atom stereocenters. The lowest BCUT2D eigenvalue weighted by Gasteiger charge is -2.06. The molecule has 0 bridgehead atoms. The van der Waals surface area contributed by atoms with Gasteiger partial charge in [0, 0.05) is 6.54 Å². The third kappa shape index (κ3) is 5.34. The SMILES string of the molecule is CCCCCCNS(=O)(=O)c1ccc(N=C=O)cc1. The molecule has 0 atom stereocenters. The molecule has 0 saturated carbocycles. The highest BCUT2D eigenvalue weighted by molar-refractivity contribution is 7.89. The first-order chi connectivity index (χ1) is 9.10. The summed E-state index contributed by atoms with van der Waals surface area (Å²) in [4.78, 5) is 13.6. The van der Waals surface area contributed by atoms with E-state index in [1.54, 1.807) is 0 Å². The van der Waals surface area contributed by atoms with Gasteiger partial charge in [-0.2, -0.15) is 4.99 Å².